The van der Waals surface area contributed by atoms with Crippen molar-refractivity contribution in [2.24, 2.45) is 0 Å². The van der Waals surface area contributed by atoms with Gasteiger partial charge in [0.1, 0.15) is 0 Å². The van der Waals surface area contributed by atoms with Gasteiger partial charge in [-0.2, -0.15) is 5.26 Å². The molecule has 0 amide bonds. The second-order valence-electron chi connectivity index (χ2n) is 5.01. The Kier molecular flexibility index (Phi) is 6.13. The largest absolute Gasteiger partial charge is 0.463 e. The Morgan fingerprint density at radius 3 is 2.87 bits per heavy atom. The van der Waals surface area contributed by atoms with E-state index >= 15 is 0 Å². The maximum Gasteiger partial charge on any atom is 0.330 e. The molecule has 0 N–H and O–H groups in total. The fourth-order valence-corrected chi connectivity index (χ4v) is 2.18. The van der Waals surface area contributed by atoms with Gasteiger partial charge in [-0.05, 0) is 37.5 Å². The molecule has 0 aliphatic rings. The highest BCUT2D eigenvalue weighted by molar-refractivity contribution is 5.81. The zero-order valence-electron chi connectivity index (χ0n) is 13.1. The number of aryl methyl sites for hydroxylation is 1. The summed E-state index contributed by atoms with van der Waals surface area (Å²) in [5.74, 6) is -0.307. The van der Waals surface area contributed by atoms with E-state index in [0.29, 0.717) is 18.7 Å². The molecule has 0 bridgehead atoms. The van der Waals surface area contributed by atoms with Crippen LogP contribution in [0.25, 0.3) is 0 Å². The fraction of sp³-hybridized carbons (Fsp3) is 0.278. The first-order valence-electron chi connectivity index (χ1n) is 7.54. The predicted molar refractivity (Wildman–Crippen MR) is 86.6 cm³/mol. The van der Waals surface area contributed by atoms with Crippen LogP contribution in [0.1, 0.15) is 30.2 Å². The highest BCUT2D eigenvalue weighted by Crippen LogP contribution is 2.10. The highest BCUT2D eigenvalue weighted by atomic mass is 16.5. The molecule has 0 unspecified atom stereocenters. The Balaban J connectivity index is 1.91. The molecule has 1 heterocycles. The maximum absolute atomic E-state index is 11.2. The number of aromatic nitrogens is 2. The Morgan fingerprint density at radius 1 is 1.39 bits per heavy atom. The van der Waals surface area contributed by atoms with Gasteiger partial charge < -0.3 is 9.30 Å². The fourth-order valence-electron chi connectivity index (χ4n) is 2.18. The quantitative estimate of drug-likeness (QED) is 0.582. The summed E-state index contributed by atoms with van der Waals surface area (Å²) >= 11 is 0. The molecule has 5 heteroatoms. The molecule has 1 aromatic carbocycles. The second kappa shape index (κ2) is 8.54. The summed E-state index contributed by atoms with van der Waals surface area (Å²) in [5.41, 5.74) is 2.87. The van der Waals surface area contributed by atoms with Gasteiger partial charge in [0.15, 0.2) is 0 Å². The summed E-state index contributed by atoms with van der Waals surface area (Å²) in [6.45, 7) is 2.89. The van der Waals surface area contributed by atoms with Gasteiger partial charge in [0, 0.05) is 24.5 Å². The van der Waals surface area contributed by atoms with Crippen LogP contribution in [0.3, 0.4) is 0 Å². The average molecular weight is 309 g/mol. The van der Waals surface area contributed by atoms with Gasteiger partial charge in [-0.15, -0.1) is 0 Å². The van der Waals surface area contributed by atoms with Crippen LogP contribution in [0.2, 0.25) is 0 Å². The van der Waals surface area contributed by atoms with E-state index in [9.17, 15) is 4.79 Å². The Morgan fingerprint density at radius 2 is 2.17 bits per heavy atom. The molecule has 0 fully saturated rings. The first-order chi connectivity index (χ1) is 11.2. The minimum Gasteiger partial charge on any atom is -0.463 e. The first-order valence-corrected chi connectivity index (χ1v) is 7.54. The van der Waals surface area contributed by atoms with Crippen molar-refractivity contribution in [2.45, 2.75) is 26.3 Å². The van der Waals surface area contributed by atoms with Gasteiger partial charge in [0.2, 0.25) is 0 Å². The van der Waals surface area contributed by atoms with Crippen LogP contribution in [-0.2, 0) is 22.5 Å². The number of allylic oxidation sites excluding steroid dienone is 1. The third kappa shape index (κ3) is 5.11. The summed E-state index contributed by atoms with van der Waals surface area (Å²) in [6.07, 6.45) is 8.45. The van der Waals surface area contributed by atoms with Crippen LogP contribution in [0.4, 0.5) is 0 Å². The van der Waals surface area contributed by atoms with E-state index in [1.807, 2.05) is 36.5 Å². The number of nitriles is 1. The maximum atomic E-state index is 11.2. The lowest BCUT2D eigenvalue weighted by Crippen LogP contribution is -2.03. The van der Waals surface area contributed by atoms with Crippen molar-refractivity contribution in [2.75, 3.05) is 6.61 Å². The summed E-state index contributed by atoms with van der Waals surface area (Å²) < 4.78 is 6.90. The Bertz CT molecular complexity index is 709. The van der Waals surface area contributed by atoms with Gasteiger partial charge in [-0.1, -0.05) is 18.2 Å². The molecule has 0 saturated carbocycles. The minimum absolute atomic E-state index is 0.307. The van der Waals surface area contributed by atoms with Crippen molar-refractivity contribution in [3.63, 3.8) is 0 Å². The van der Waals surface area contributed by atoms with E-state index < -0.39 is 0 Å². The van der Waals surface area contributed by atoms with E-state index in [0.717, 1.165) is 24.1 Å². The number of carbonyl (C=O) groups excluding carboxylic acids is 1. The molecule has 0 aliphatic carbocycles. The number of carbonyl (C=O) groups is 1. The van der Waals surface area contributed by atoms with Gasteiger partial charge in [0.05, 0.1) is 24.6 Å². The standard InChI is InChI=1S/C18H19N3O2/c1-2-23-18(22)6-4-3-5-17-12-20-14-21(17)13-16-9-7-15(11-19)8-10-16/h4,6-10,12,14H,2-3,5,13H2,1H3/b6-4+. The van der Waals surface area contributed by atoms with E-state index in [4.69, 9.17) is 10.00 Å². The molecule has 0 spiro atoms. The lowest BCUT2D eigenvalue weighted by atomic mass is 10.1. The molecule has 1 aromatic heterocycles. The molecular formula is C18H19N3O2. The third-order valence-electron chi connectivity index (χ3n) is 3.34. The lowest BCUT2D eigenvalue weighted by molar-refractivity contribution is -0.137. The number of hydrogen-bond acceptors (Lipinski definition) is 4. The van der Waals surface area contributed by atoms with Crippen LogP contribution >= 0.6 is 0 Å². The van der Waals surface area contributed by atoms with Crippen LogP contribution < -0.4 is 0 Å². The summed E-state index contributed by atoms with van der Waals surface area (Å²) in [4.78, 5) is 15.4. The summed E-state index contributed by atoms with van der Waals surface area (Å²) in [5, 5.41) is 8.82. The van der Waals surface area contributed by atoms with Crippen LogP contribution in [0, 0.1) is 11.3 Å². The molecule has 118 valence electrons. The van der Waals surface area contributed by atoms with Crippen molar-refractivity contribution < 1.29 is 9.53 Å². The van der Waals surface area contributed by atoms with Crippen LogP contribution in [-0.4, -0.2) is 22.1 Å². The average Bonchev–Trinajstić information content (AvgIpc) is 3.00. The predicted octanol–water partition coefficient (Wildman–Crippen LogP) is 2.85. The normalized spacial score (nSPS) is 10.6. The molecule has 2 aromatic rings. The monoisotopic (exact) mass is 309 g/mol. The third-order valence-corrected chi connectivity index (χ3v) is 3.34. The van der Waals surface area contributed by atoms with Gasteiger partial charge in [-0.3, -0.25) is 0 Å². The Labute approximate surface area is 135 Å². The lowest BCUT2D eigenvalue weighted by Gasteiger charge is -2.07. The number of hydrogen-bond donors (Lipinski definition) is 0. The van der Waals surface area contributed by atoms with Gasteiger partial charge >= 0.3 is 5.97 Å². The number of esters is 1. The zero-order valence-corrected chi connectivity index (χ0v) is 13.1. The van der Waals surface area contributed by atoms with Crippen molar-refractivity contribution in [3.05, 3.63) is 65.8 Å². The topological polar surface area (TPSA) is 67.9 Å². The van der Waals surface area contributed by atoms with Crippen molar-refractivity contribution >= 4 is 5.97 Å². The second-order valence-corrected chi connectivity index (χ2v) is 5.01. The number of nitrogens with zero attached hydrogens (tertiary/aromatic N) is 3. The first kappa shape index (κ1) is 16.5. The number of benzene rings is 1. The van der Waals surface area contributed by atoms with E-state index in [1.165, 1.54) is 6.08 Å². The molecular weight excluding hydrogens is 290 g/mol. The molecule has 0 saturated heterocycles. The van der Waals surface area contributed by atoms with Crippen LogP contribution in [0.5, 0.6) is 0 Å². The summed E-state index contributed by atoms with van der Waals surface area (Å²) in [6, 6.07) is 9.63. The zero-order chi connectivity index (χ0) is 16.5. The van der Waals surface area contributed by atoms with Crippen molar-refractivity contribution in [1.82, 2.24) is 9.55 Å². The SMILES string of the molecule is CCOC(=O)/C=C/CCc1cncn1Cc1ccc(C#N)cc1. The van der Waals surface area contributed by atoms with Crippen molar-refractivity contribution in [3.8, 4) is 6.07 Å². The van der Waals surface area contributed by atoms with Crippen molar-refractivity contribution in [1.29, 1.82) is 5.26 Å². The van der Waals surface area contributed by atoms with E-state index in [1.54, 1.807) is 13.3 Å². The number of imidazole rings is 1. The molecule has 0 radical (unpaired) electrons. The minimum atomic E-state index is -0.307. The molecule has 0 aliphatic heterocycles. The van der Waals surface area contributed by atoms with E-state index in [2.05, 4.69) is 15.6 Å². The van der Waals surface area contributed by atoms with Gasteiger partial charge in [-0.25, -0.2) is 9.78 Å². The molecule has 5 nitrogen and oxygen atoms in total. The number of ether oxygens (including phenoxy) is 1. The molecule has 23 heavy (non-hydrogen) atoms. The smallest absolute Gasteiger partial charge is 0.330 e. The summed E-state index contributed by atoms with van der Waals surface area (Å²) in [7, 11) is 0. The number of rotatable bonds is 7. The van der Waals surface area contributed by atoms with E-state index in [-0.39, 0.29) is 5.97 Å². The highest BCUT2D eigenvalue weighted by Gasteiger charge is 2.03. The molecule has 0 atom stereocenters. The van der Waals surface area contributed by atoms with Crippen LogP contribution in [0.15, 0.2) is 48.9 Å². The Hall–Kier alpha value is -2.87. The van der Waals surface area contributed by atoms with Gasteiger partial charge in [0.25, 0.3) is 0 Å². The molecule has 2 rings (SSSR count).